The Hall–Kier alpha value is -2.62. The number of carboxylic acid groups (broad SMARTS) is 1. The maximum absolute atomic E-state index is 11.3. The number of carboxylic acids is 1. The molecule has 0 saturated carbocycles. The van der Waals surface area contributed by atoms with Gasteiger partial charge in [0.25, 0.3) is 0 Å². The second-order valence-electron chi connectivity index (χ2n) is 5.02. The van der Waals surface area contributed by atoms with E-state index in [1.807, 2.05) is 32.0 Å². The van der Waals surface area contributed by atoms with Crippen LogP contribution in [0, 0.1) is 13.8 Å². The van der Waals surface area contributed by atoms with Crippen LogP contribution in [0.4, 0.5) is 5.69 Å². The SMILES string of the molecule is CCOc1ccc(C=Nc2ccc(C)c(C)c2)cc1C(=O)O. The van der Waals surface area contributed by atoms with Crippen molar-refractivity contribution in [2.24, 2.45) is 4.99 Å². The van der Waals surface area contributed by atoms with Crippen molar-refractivity contribution in [1.82, 2.24) is 0 Å². The molecule has 0 heterocycles. The number of nitrogens with zero attached hydrogens (tertiary/aromatic N) is 1. The molecule has 0 spiro atoms. The van der Waals surface area contributed by atoms with Gasteiger partial charge in [-0.25, -0.2) is 4.79 Å². The molecule has 0 radical (unpaired) electrons. The number of aryl methyl sites for hydroxylation is 2. The summed E-state index contributed by atoms with van der Waals surface area (Å²) in [5.41, 5.74) is 4.10. The van der Waals surface area contributed by atoms with Gasteiger partial charge in [0, 0.05) is 6.21 Å². The van der Waals surface area contributed by atoms with Gasteiger partial charge in [-0.3, -0.25) is 4.99 Å². The van der Waals surface area contributed by atoms with Gasteiger partial charge in [0.05, 0.1) is 12.3 Å². The fraction of sp³-hybridized carbons (Fsp3) is 0.222. The molecule has 114 valence electrons. The molecule has 0 aliphatic rings. The number of benzene rings is 2. The van der Waals surface area contributed by atoms with Crippen LogP contribution >= 0.6 is 0 Å². The van der Waals surface area contributed by atoms with Crippen molar-refractivity contribution in [1.29, 1.82) is 0 Å². The third-order valence-electron chi connectivity index (χ3n) is 3.39. The Labute approximate surface area is 130 Å². The van der Waals surface area contributed by atoms with E-state index in [4.69, 9.17) is 4.74 Å². The normalized spacial score (nSPS) is 10.9. The molecule has 0 fully saturated rings. The van der Waals surface area contributed by atoms with E-state index < -0.39 is 5.97 Å². The Kier molecular flexibility index (Phi) is 4.94. The fourth-order valence-electron chi connectivity index (χ4n) is 2.03. The van der Waals surface area contributed by atoms with Crippen LogP contribution in [-0.4, -0.2) is 23.9 Å². The van der Waals surface area contributed by atoms with Gasteiger partial charge in [-0.05, 0) is 67.8 Å². The molecule has 0 atom stereocenters. The molecule has 0 bridgehead atoms. The first-order valence-electron chi connectivity index (χ1n) is 7.12. The molecule has 2 aromatic rings. The molecule has 0 saturated heterocycles. The van der Waals surface area contributed by atoms with Crippen LogP contribution < -0.4 is 4.74 Å². The summed E-state index contributed by atoms with van der Waals surface area (Å²) in [5.74, 6) is -0.636. The van der Waals surface area contributed by atoms with Gasteiger partial charge >= 0.3 is 5.97 Å². The average molecular weight is 297 g/mol. The molecule has 0 unspecified atom stereocenters. The summed E-state index contributed by atoms with van der Waals surface area (Å²) in [7, 11) is 0. The van der Waals surface area contributed by atoms with Crippen molar-refractivity contribution in [3.63, 3.8) is 0 Å². The van der Waals surface area contributed by atoms with Crippen molar-refractivity contribution in [3.8, 4) is 5.75 Å². The monoisotopic (exact) mass is 297 g/mol. The van der Waals surface area contributed by atoms with Gasteiger partial charge in [0.2, 0.25) is 0 Å². The molecule has 0 aliphatic carbocycles. The van der Waals surface area contributed by atoms with Gasteiger partial charge in [-0.1, -0.05) is 6.07 Å². The Bertz CT molecular complexity index is 720. The molecular weight excluding hydrogens is 278 g/mol. The molecule has 1 N–H and O–H groups in total. The summed E-state index contributed by atoms with van der Waals surface area (Å²) < 4.78 is 5.32. The predicted octanol–water partition coefficient (Wildman–Crippen LogP) is 4.15. The maximum Gasteiger partial charge on any atom is 0.339 e. The van der Waals surface area contributed by atoms with Crippen LogP contribution in [0.15, 0.2) is 41.4 Å². The molecule has 4 heteroatoms. The Morgan fingerprint density at radius 1 is 1.18 bits per heavy atom. The summed E-state index contributed by atoms with van der Waals surface area (Å²) in [6, 6.07) is 11.0. The minimum absolute atomic E-state index is 0.144. The molecule has 0 aliphatic heterocycles. The molecule has 0 aromatic heterocycles. The largest absolute Gasteiger partial charge is 0.493 e. The fourth-order valence-corrected chi connectivity index (χ4v) is 2.03. The topological polar surface area (TPSA) is 58.9 Å². The molecule has 2 rings (SSSR count). The average Bonchev–Trinajstić information content (AvgIpc) is 2.49. The highest BCUT2D eigenvalue weighted by atomic mass is 16.5. The zero-order valence-electron chi connectivity index (χ0n) is 13.0. The van der Waals surface area contributed by atoms with Crippen LogP contribution in [0.1, 0.15) is 34.0 Å². The third-order valence-corrected chi connectivity index (χ3v) is 3.39. The van der Waals surface area contributed by atoms with Crippen LogP contribution in [-0.2, 0) is 0 Å². The van der Waals surface area contributed by atoms with Crippen LogP contribution in [0.2, 0.25) is 0 Å². The van der Waals surface area contributed by atoms with E-state index in [1.54, 1.807) is 24.4 Å². The molecule has 0 amide bonds. The first kappa shape index (κ1) is 15.8. The highest BCUT2D eigenvalue weighted by Crippen LogP contribution is 2.21. The van der Waals surface area contributed by atoms with Crippen molar-refractivity contribution >= 4 is 17.9 Å². The van der Waals surface area contributed by atoms with E-state index >= 15 is 0 Å². The molecule has 4 nitrogen and oxygen atoms in total. The second-order valence-corrected chi connectivity index (χ2v) is 5.02. The smallest absolute Gasteiger partial charge is 0.339 e. The van der Waals surface area contributed by atoms with E-state index in [9.17, 15) is 9.90 Å². The number of aromatic carboxylic acids is 1. The minimum Gasteiger partial charge on any atom is -0.493 e. The van der Waals surface area contributed by atoms with Crippen molar-refractivity contribution in [3.05, 3.63) is 58.7 Å². The minimum atomic E-state index is -1.01. The lowest BCUT2D eigenvalue weighted by molar-refractivity contribution is 0.0692. The van der Waals surface area contributed by atoms with Gasteiger partial charge in [-0.15, -0.1) is 0 Å². The number of carbonyl (C=O) groups is 1. The summed E-state index contributed by atoms with van der Waals surface area (Å²) >= 11 is 0. The second kappa shape index (κ2) is 6.89. The van der Waals surface area contributed by atoms with Crippen LogP contribution in [0.25, 0.3) is 0 Å². The molecule has 2 aromatic carbocycles. The zero-order chi connectivity index (χ0) is 16.1. The van der Waals surface area contributed by atoms with Crippen molar-refractivity contribution in [2.75, 3.05) is 6.61 Å². The summed E-state index contributed by atoms with van der Waals surface area (Å²) in [6.45, 7) is 6.33. The van der Waals surface area contributed by atoms with E-state index in [-0.39, 0.29) is 5.56 Å². The van der Waals surface area contributed by atoms with Gasteiger partial charge in [0.1, 0.15) is 11.3 Å². The van der Waals surface area contributed by atoms with Gasteiger partial charge in [-0.2, -0.15) is 0 Å². The highest BCUT2D eigenvalue weighted by molar-refractivity contribution is 5.94. The number of hydrogen-bond donors (Lipinski definition) is 1. The quantitative estimate of drug-likeness (QED) is 0.843. The van der Waals surface area contributed by atoms with E-state index in [0.717, 1.165) is 11.3 Å². The Morgan fingerprint density at radius 3 is 2.59 bits per heavy atom. The summed E-state index contributed by atoms with van der Waals surface area (Å²) in [6.07, 6.45) is 1.66. The first-order valence-corrected chi connectivity index (χ1v) is 7.12. The first-order chi connectivity index (χ1) is 10.5. The molecular formula is C18H19NO3. The number of hydrogen-bond acceptors (Lipinski definition) is 3. The van der Waals surface area contributed by atoms with E-state index in [2.05, 4.69) is 11.9 Å². The number of rotatable bonds is 5. The predicted molar refractivity (Wildman–Crippen MR) is 87.7 cm³/mol. The maximum atomic E-state index is 11.3. The lowest BCUT2D eigenvalue weighted by atomic mass is 10.1. The summed E-state index contributed by atoms with van der Waals surface area (Å²) in [5, 5.41) is 9.24. The summed E-state index contributed by atoms with van der Waals surface area (Å²) in [4.78, 5) is 15.7. The zero-order valence-corrected chi connectivity index (χ0v) is 13.0. The lowest BCUT2D eigenvalue weighted by Gasteiger charge is -2.07. The standard InChI is InChI=1S/C18H19NO3/c1-4-22-17-8-6-14(10-16(17)18(20)21)11-19-15-7-5-12(2)13(3)9-15/h5-11H,4H2,1-3H3,(H,20,21). The Morgan fingerprint density at radius 2 is 1.95 bits per heavy atom. The third kappa shape index (κ3) is 3.73. The van der Waals surface area contributed by atoms with Crippen LogP contribution in [0.5, 0.6) is 5.75 Å². The van der Waals surface area contributed by atoms with Crippen LogP contribution in [0.3, 0.4) is 0 Å². The number of aliphatic imine (C=N–C) groups is 1. The van der Waals surface area contributed by atoms with E-state index in [1.165, 1.54) is 11.1 Å². The van der Waals surface area contributed by atoms with Gasteiger partial charge in [0.15, 0.2) is 0 Å². The van der Waals surface area contributed by atoms with E-state index in [0.29, 0.717) is 12.4 Å². The highest BCUT2D eigenvalue weighted by Gasteiger charge is 2.11. The van der Waals surface area contributed by atoms with Gasteiger partial charge < -0.3 is 9.84 Å². The number of ether oxygens (including phenoxy) is 1. The van der Waals surface area contributed by atoms with Crippen molar-refractivity contribution in [2.45, 2.75) is 20.8 Å². The molecule has 22 heavy (non-hydrogen) atoms. The van der Waals surface area contributed by atoms with Crippen molar-refractivity contribution < 1.29 is 14.6 Å². The lowest BCUT2D eigenvalue weighted by Crippen LogP contribution is -2.03. The Balaban J connectivity index is 2.29.